The second-order valence-electron chi connectivity index (χ2n) is 4.84. The number of nitrogens with one attached hydrogen (secondary N) is 2. The number of hydrogen-bond acceptors (Lipinski definition) is 6. The van der Waals surface area contributed by atoms with Gasteiger partial charge >= 0.3 is 0 Å². The van der Waals surface area contributed by atoms with E-state index in [0.717, 1.165) is 0 Å². The molecular formula is C14H19N5O2. The molecule has 0 bridgehead atoms. The number of aromatic nitrogens is 3. The summed E-state index contributed by atoms with van der Waals surface area (Å²) in [5.74, 6) is 1.11. The van der Waals surface area contributed by atoms with Crippen LogP contribution in [0.2, 0.25) is 0 Å². The van der Waals surface area contributed by atoms with Crippen molar-refractivity contribution in [3.05, 3.63) is 35.7 Å². The van der Waals surface area contributed by atoms with E-state index in [1.165, 1.54) is 6.20 Å². The molecule has 7 nitrogen and oxygen atoms in total. The molecule has 0 aliphatic rings. The van der Waals surface area contributed by atoms with Crippen LogP contribution < -0.4 is 10.6 Å². The van der Waals surface area contributed by atoms with Crippen molar-refractivity contribution in [2.45, 2.75) is 33.2 Å². The van der Waals surface area contributed by atoms with E-state index in [-0.39, 0.29) is 18.4 Å². The molecule has 0 unspecified atom stereocenters. The molecule has 0 atom stereocenters. The average Bonchev–Trinajstić information content (AvgIpc) is 2.98. The van der Waals surface area contributed by atoms with Crippen molar-refractivity contribution < 1.29 is 9.32 Å². The van der Waals surface area contributed by atoms with Gasteiger partial charge in [-0.15, -0.1) is 0 Å². The predicted octanol–water partition coefficient (Wildman–Crippen LogP) is 1.95. The number of anilines is 1. The molecule has 0 fully saturated rings. The number of carbonyl (C=O) groups excluding carboxylic acids is 1. The zero-order valence-electron chi connectivity index (χ0n) is 12.4. The van der Waals surface area contributed by atoms with Gasteiger partial charge in [-0.2, -0.15) is 0 Å². The van der Waals surface area contributed by atoms with Crippen molar-refractivity contribution >= 4 is 11.6 Å². The molecule has 2 aromatic rings. The van der Waals surface area contributed by atoms with E-state index in [1.807, 2.05) is 20.8 Å². The maximum atomic E-state index is 12.3. The Balaban J connectivity index is 2.18. The van der Waals surface area contributed by atoms with E-state index >= 15 is 0 Å². The van der Waals surface area contributed by atoms with E-state index in [2.05, 4.69) is 25.8 Å². The van der Waals surface area contributed by atoms with Crippen molar-refractivity contribution in [2.24, 2.45) is 0 Å². The van der Waals surface area contributed by atoms with Crippen LogP contribution in [0, 0.1) is 0 Å². The third-order valence-electron chi connectivity index (χ3n) is 2.82. The van der Waals surface area contributed by atoms with Crippen LogP contribution in [0.4, 0.5) is 5.69 Å². The first-order chi connectivity index (χ1) is 10.1. The minimum atomic E-state index is -0.272. The Kier molecular flexibility index (Phi) is 4.86. The van der Waals surface area contributed by atoms with Crippen molar-refractivity contribution in [1.82, 2.24) is 20.4 Å². The first-order valence-corrected chi connectivity index (χ1v) is 6.90. The van der Waals surface area contributed by atoms with Crippen LogP contribution in [0.5, 0.6) is 0 Å². The largest absolute Gasteiger partial charge is 0.382 e. The SMILES string of the molecule is CCNc1cnc(C(C)C)nc1C(=O)NCc1ccno1. The molecule has 1 amide bonds. The smallest absolute Gasteiger partial charge is 0.272 e. The topological polar surface area (TPSA) is 92.9 Å². The molecule has 0 radical (unpaired) electrons. The Bertz CT molecular complexity index is 595. The Morgan fingerprint density at radius 1 is 1.43 bits per heavy atom. The summed E-state index contributed by atoms with van der Waals surface area (Å²) in [5, 5.41) is 9.45. The molecular weight excluding hydrogens is 270 g/mol. The second-order valence-corrected chi connectivity index (χ2v) is 4.84. The maximum absolute atomic E-state index is 12.3. The summed E-state index contributed by atoms with van der Waals surface area (Å²) in [5.41, 5.74) is 0.965. The second kappa shape index (κ2) is 6.83. The molecule has 0 saturated carbocycles. The van der Waals surface area contributed by atoms with Gasteiger partial charge in [0.05, 0.1) is 24.6 Å². The quantitative estimate of drug-likeness (QED) is 0.844. The molecule has 0 aliphatic carbocycles. The third-order valence-corrected chi connectivity index (χ3v) is 2.82. The lowest BCUT2D eigenvalue weighted by molar-refractivity contribution is 0.0942. The zero-order chi connectivity index (χ0) is 15.2. The highest BCUT2D eigenvalue weighted by molar-refractivity contribution is 5.97. The Morgan fingerprint density at radius 2 is 2.24 bits per heavy atom. The molecule has 2 aromatic heterocycles. The fourth-order valence-electron chi connectivity index (χ4n) is 1.75. The number of hydrogen-bond donors (Lipinski definition) is 2. The number of nitrogens with zero attached hydrogens (tertiary/aromatic N) is 3. The van der Waals surface area contributed by atoms with Gasteiger partial charge in [0.1, 0.15) is 5.82 Å². The maximum Gasteiger partial charge on any atom is 0.272 e. The molecule has 0 spiro atoms. The molecule has 2 N–H and O–H groups in total. The molecule has 2 rings (SSSR count). The highest BCUT2D eigenvalue weighted by Crippen LogP contribution is 2.16. The Labute approximate surface area is 123 Å². The van der Waals surface area contributed by atoms with Crippen LogP contribution in [0.15, 0.2) is 23.0 Å². The van der Waals surface area contributed by atoms with E-state index in [0.29, 0.717) is 29.5 Å². The summed E-state index contributed by atoms with van der Waals surface area (Å²) in [7, 11) is 0. The van der Waals surface area contributed by atoms with Gasteiger partial charge in [-0.1, -0.05) is 19.0 Å². The number of rotatable bonds is 6. The lowest BCUT2D eigenvalue weighted by Crippen LogP contribution is -2.26. The number of amides is 1. The monoisotopic (exact) mass is 289 g/mol. The van der Waals surface area contributed by atoms with Crippen LogP contribution in [-0.4, -0.2) is 27.6 Å². The molecule has 0 aromatic carbocycles. The van der Waals surface area contributed by atoms with Crippen molar-refractivity contribution in [3.8, 4) is 0 Å². The summed E-state index contributed by atoms with van der Waals surface area (Å²) >= 11 is 0. The molecule has 112 valence electrons. The fraction of sp³-hybridized carbons (Fsp3) is 0.429. The van der Waals surface area contributed by atoms with Crippen molar-refractivity contribution in [3.63, 3.8) is 0 Å². The van der Waals surface area contributed by atoms with Crippen LogP contribution in [0.1, 0.15) is 48.8 Å². The summed E-state index contributed by atoms with van der Waals surface area (Å²) in [6.07, 6.45) is 3.18. The average molecular weight is 289 g/mol. The van der Waals surface area contributed by atoms with Gasteiger partial charge in [-0.05, 0) is 6.92 Å². The van der Waals surface area contributed by atoms with Crippen LogP contribution in [0.25, 0.3) is 0 Å². The van der Waals surface area contributed by atoms with Gasteiger partial charge in [-0.25, -0.2) is 9.97 Å². The highest BCUT2D eigenvalue weighted by Gasteiger charge is 2.16. The normalized spacial score (nSPS) is 10.7. The highest BCUT2D eigenvalue weighted by atomic mass is 16.5. The lowest BCUT2D eigenvalue weighted by atomic mass is 10.2. The zero-order valence-corrected chi connectivity index (χ0v) is 12.4. The van der Waals surface area contributed by atoms with Gasteiger partial charge in [0, 0.05) is 18.5 Å². The van der Waals surface area contributed by atoms with Crippen molar-refractivity contribution in [2.75, 3.05) is 11.9 Å². The van der Waals surface area contributed by atoms with E-state index in [1.54, 1.807) is 12.3 Å². The standard InChI is InChI=1S/C14H19N5O2/c1-4-15-11-8-16-13(9(2)3)19-12(11)14(20)17-7-10-5-6-18-21-10/h5-6,8-9,15H,4,7H2,1-3H3,(H,17,20). The molecule has 0 saturated heterocycles. The summed E-state index contributed by atoms with van der Waals surface area (Å²) < 4.78 is 4.95. The predicted molar refractivity (Wildman–Crippen MR) is 78.0 cm³/mol. The molecule has 21 heavy (non-hydrogen) atoms. The van der Waals surface area contributed by atoms with E-state index in [4.69, 9.17) is 4.52 Å². The fourth-order valence-corrected chi connectivity index (χ4v) is 1.75. The molecule has 7 heteroatoms. The van der Waals surface area contributed by atoms with Crippen LogP contribution in [0.3, 0.4) is 0 Å². The van der Waals surface area contributed by atoms with Crippen molar-refractivity contribution in [1.29, 1.82) is 0 Å². The van der Waals surface area contributed by atoms with E-state index < -0.39 is 0 Å². The summed E-state index contributed by atoms with van der Waals surface area (Å²) in [4.78, 5) is 20.9. The van der Waals surface area contributed by atoms with Gasteiger partial charge in [0.25, 0.3) is 5.91 Å². The van der Waals surface area contributed by atoms with Gasteiger partial charge in [0.15, 0.2) is 11.5 Å². The first kappa shape index (κ1) is 15.0. The summed E-state index contributed by atoms with van der Waals surface area (Å²) in [6, 6.07) is 1.70. The first-order valence-electron chi connectivity index (χ1n) is 6.90. The molecule has 0 aliphatic heterocycles. The Hall–Kier alpha value is -2.44. The lowest BCUT2D eigenvalue weighted by Gasteiger charge is -2.12. The molecule has 2 heterocycles. The van der Waals surface area contributed by atoms with Gasteiger partial charge < -0.3 is 15.2 Å². The minimum Gasteiger partial charge on any atom is -0.382 e. The third kappa shape index (κ3) is 3.77. The minimum absolute atomic E-state index is 0.154. The number of carbonyl (C=O) groups is 1. The van der Waals surface area contributed by atoms with Crippen LogP contribution >= 0.6 is 0 Å². The van der Waals surface area contributed by atoms with E-state index in [9.17, 15) is 4.79 Å². The van der Waals surface area contributed by atoms with Crippen LogP contribution in [-0.2, 0) is 6.54 Å². The summed E-state index contributed by atoms with van der Waals surface area (Å²) in [6.45, 7) is 6.88. The van der Waals surface area contributed by atoms with Gasteiger partial charge in [0.2, 0.25) is 0 Å². The Morgan fingerprint density at radius 3 is 2.86 bits per heavy atom. The van der Waals surface area contributed by atoms with Gasteiger partial charge in [-0.3, -0.25) is 4.79 Å².